The fourth-order valence-electron chi connectivity index (χ4n) is 0.916. The van der Waals surface area contributed by atoms with Crippen LogP contribution in [0.5, 0.6) is 0 Å². The van der Waals surface area contributed by atoms with Crippen molar-refractivity contribution in [1.82, 2.24) is 9.78 Å². The fraction of sp³-hybridized carbons (Fsp3) is 0.500. The lowest BCUT2D eigenvalue weighted by molar-refractivity contribution is -0.140. The van der Waals surface area contributed by atoms with Gasteiger partial charge in [-0.15, -0.1) is 0 Å². The van der Waals surface area contributed by atoms with Gasteiger partial charge < -0.3 is 4.74 Å². The average molecular weight is 247 g/mol. The highest BCUT2D eigenvalue weighted by molar-refractivity contribution is 9.10. The van der Waals surface area contributed by atoms with E-state index in [0.29, 0.717) is 13.0 Å². The van der Waals surface area contributed by atoms with E-state index in [0.717, 1.165) is 10.2 Å². The minimum atomic E-state index is -0.218. The van der Waals surface area contributed by atoms with Crippen LogP contribution in [0, 0.1) is 6.92 Å². The second kappa shape index (κ2) is 4.41. The number of hydrogen-bond donors (Lipinski definition) is 0. The summed E-state index contributed by atoms with van der Waals surface area (Å²) in [5.41, 5.74) is 0.921. The molecule has 0 radical (unpaired) electrons. The number of methoxy groups -OCH3 is 1. The standard InChI is InChI=1S/C8H11BrN2O2/c1-6-7(9)5-11(10-6)4-3-8(12)13-2/h5H,3-4H2,1-2H3. The molecule has 4 nitrogen and oxygen atoms in total. The van der Waals surface area contributed by atoms with Crippen molar-refractivity contribution in [2.75, 3.05) is 7.11 Å². The summed E-state index contributed by atoms with van der Waals surface area (Å²) in [6, 6.07) is 0. The molecule has 0 saturated heterocycles. The van der Waals surface area contributed by atoms with Crippen LogP contribution in [0.15, 0.2) is 10.7 Å². The molecule has 0 fully saturated rings. The Kier molecular flexibility index (Phi) is 3.48. The molecular formula is C8H11BrN2O2. The van der Waals surface area contributed by atoms with E-state index in [9.17, 15) is 4.79 Å². The number of aromatic nitrogens is 2. The third-order valence-corrected chi connectivity index (χ3v) is 2.44. The third kappa shape index (κ3) is 2.84. The number of hydrogen-bond acceptors (Lipinski definition) is 3. The van der Waals surface area contributed by atoms with Crippen LogP contribution in [0.25, 0.3) is 0 Å². The van der Waals surface area contributed by atoms with Crippen LogP contribution >= 0.6 is 15.9 Å². The van der Waals surface area contributed by atoms with Gasteiger partial charge in [0.15, 0.2) is 0 Å². The van der Waals surface area contributed by atoms with Crippen molar-refractivity contribution in [2.45, 2.75) is 19.9 Å². The lowest BCUT2D eigenvalue weighted by atomic mass is 10.4. The maximum absolute atomic E-state index is 10.8. The molecule has 13 heavy (non-hydrogen) atoms. The van der Waals surface area contributed by atoms with Crippen molar-refractivity contribution < 1.29 is 9.53 Å². The molecule has 0 amide bonds. The lowest BCUT2D eigenvalue weighted by Crippen LogP contribution is -2.07. The van der Waals surface area contributed by atoms with Gasteiger partial charge in [-0.2, -0.15) is 5.10 Å². The van der Waals surface area contributed by atoms with Gasteiger partial charge in [0.05, 0.1) is 30.2 Å². The van der Waals surface area contributed by atoms with E-state index in [-0.39, 0.29) is 5.97 Å². The first kappa shape index (κ1) is 10.2. The largest absolute Gasteiger partial charge is 0.469 e. The Morgan fingerprint density at radius 1 is 1.77 bits per heavy atom. The predicted molar refractivity (Wildman–Crippen MR) is 51.3 cm³/mol. The summed E-state index contributed by atoms with van der Waals surface area (Å²) in [5, 5.41) is 4.18. The van der Waals surface area contributed by atoms with Crippen LogP contribution in [0.4, 0.5) is 0 Å². The van der Waals surface area contributed by atoms with Crippen molar-refractivity contribution in [2.24, 2.45) is 0 Å². The van der Waals surface area contributed by atoms with Crippen LogP contribution in [0.1, 0.15) is 12.1 Å². The highest BCUT2D eigenvalue weighted by Gasteiger charge is 2.04. The number of halogens is 1. The number of esters is 1. The summed E-state index contributed by atoms with van der Waals surface area (Å²) in [4.78, 5) is 10.8. The van der Waals surface area contributed by atoms with Gasteiger partial charge in [0, 0.05) is 6.20 Å². The zero-order valence-electron chi connectivity index (χ0n) is 7.58. The average Bonchev–Trinajstić information content (AvgIpc) is 2.42. The Bertz CT molecular complexity index is 290. The molecule has 0 N–H and O–H groups in total. The minimum Gasteiger partial charge on any atom is -0.469 e. The second-order valence-electron chi connectivity index (χ2n) is 2.65. The maximum Gasteiger partial charge on any atom is 0.307 e. The number of carbonyl (C=O) groups excluding carboxylic acids is 1. The molecule has 0 unspecified atom stereocenters. The molecule has 0 bridgehead atoms. The summed E-state index contributed by atoms with van der Waals surface area (Å²) in [6.45, 7) is 2.46. The van der Waals surface area contributed by atoms with E-state index < -0.39 is 0 Å². The molecule has 1 aromatic heterocycles. The van der Waals surface area contributed by atoms with Crippen LogP contribution in [0.3, 0.4) is 0 Å². The molecule has 0 aliphatic rings. The van der Waals surface area contributed by atoms with Gasteiger partial charge in [-0.25, -0.2) is 0 Å². The number of nitrogens with zero attached hydrogens (tertiary/aromatic N) is 2. The third-order valence-electron chi connectivity index (χ3n) is 1.66. The van der Waals surface area contributed by atoms with Gasteiger partial charge in [0.2, 0.25) is 0 Å². The summed E-state index contributed by atoms with van der Waals surface area (Å²) in [7, 11) is 1.38. The van der Waals surface area contributed by atoms with Crippen molar-refractivity contribution in [1.29, 1.82) is 0 Å². The van der Waals surface area contributed by atoms with Crippen LogP contribution in [-0.4, -0.2) is 22.9 Å². The van der Waals surface area contributed by atoms with Gasteiger partial charge >= 0.3 is 5.97 Å². The summed E-state index contributed by atoms with van der Waals surface area (Å²) in [6.07, 6.45) is 2.20. The van der Waals surface area contributed by atoms with E-state index >= 15 is 0 Å². The molecule has 0 aliphatic carbocycles. The van der Waals surface area contributed by atoms with Crippen LogP contribution < -0.4 is 0 Å². The normalized spacial score (nSPS) is 10.1. The highest BCUT2D eigenvalue weighted by Crippen LogP contribution is 2.13. The van der Waals surface area contributed by atoms with Crippen molar-refractivity contribution in [3.63, 3.8) is 0 Å². The van der Waals surface area contributed by atoms with Crippen molar-refractivity contribution in [3.05, 3.63) is 16.4 Å². The first-order valence-corrected chi connectivity index (χ1v) is 4.69. The topological polar surface area (TPSA) is 44.1 Å². The number of carbonyl (C=O) groups is 1. The van der Waals surface area contributed by atoms with E-state index in [2.05, 4.69) is 25.8 Å². The first-order chi connectivity index (χ1) is 6.13. The number of rotatable bonds is 3. The zero-order valence-corrected chi connectivity index (χ0v) is 9.17. The van der Waals surface area contributed by atoms with Gasteiger partial charge in [0.1, 0.15) is 0 Å². The highest BCUT2D eigenvalue weighted by atomic mass is 79.9. The molecule has 1 aromatic rings. The number of aryl methyl sites for hydroxylation is 2. The molecule has 0 atom stereocenters. The van der Waals surface area contributed by atoms with E-state index in [4.69, 9.17) is 0 Å². The summed E-state index contributed by atoms with van der Waals surface area (Å²) >= 11 is 3.34. The molecule has 72 valence electrons. The fourth-order valence-corrected chi connectivity index (χ4v) is 1.23. The Balaban J connectivity index is 2.50. The predicted octanol–water partition coefficient (Wildman–Crippen LogP) is 1.52. The maximum atomic E-state index is 10.8. The monoisotopic (exact) mass is 246 g/mol. The smallest absolute Gasteiger partial charge is 0.307 e. The molecule has 5 heteroatoms. The Morgan fingerprint density at radius 2 is 2.46 bits per heavy atom. The van der Waals surface area contributed by atoms with Gasteiger partial charge in [-0.1, -0.05) is 0 Å². The lowest BCUT2D eigenvalue weighted by Gasteiger charge is -1.99. The minimum absolute atomic E-state index is 0.218. The van der Waals surface area contributed by atoms with Gasteiger partial charge in [-0.3, -0.25) is 9.48 Å². The molecular weight excluding hydrogens is 236 g/mol. The second-order valence-corrected chi connectivity index (χ2v) is 3.51. The molecule has 0 aliphatic heterocycles. The first-order valence-electron chi connectivity index (χ1n) is 3.90. The van der Waals surface area contributed by atoms with Gasteiger partial charge in [0.25, 0.3) is 0 Å². The van der Waals surface area contributed by atoms with Crippen molar-refractivity contribution in [3.8, 4) is 0 Å². The van der Waals surface area contributed by atoms with Crippen LogP contribution in [-0.2, 0) is 16.1 Å². The Labute approximate surface area is 85.0 Å². The summed E-state index contributed by atoms with van der Waals surface area (Å²) < 4.78 is 7.19. The zero-order chi connectivity index (χ0) is 9.84. The van der Waals surface area contributed by atoms with E-state index in [1.807, 2.05) is 13.1 Å². The number of ether oxygens (including phenoxy) is 1. The van der Waals surface area contributed by atoms with E-state index in [1.54, 1.807) is 4.68 Å². The van der Waals surface area contributed by atoms with Gasteiger partial charge in [-0.05, 0) is 22.9 Å². The van der Waals surface area contributed by atoms with Crippen LogP contribution in [0.2, 0.25) is 0 Å². The van der Waals surface area contributed by atoms with Crippen molar-refractivity contribution >= 4 is 21.9 Å². The van der Waals surface area contributed by atoms with E-state index in [1.165, 1.54) is 7.11 Å². The SMILES string of the molecule is COC(=O)CCn1cc(Br)c(C)n1. The summed E-state index contributed by atoms with van der Waals surface area (Å²) in [5.74, 6) is -0.218. The molecule has 1 heterocycles. The molecule has 0 aromatic carbocycles. The molecule has 1 rings (SSSR count). The quantitative estimate of drug-likeness (QED) is 0.760. The molecule has 0 saturated carbocycles. The molecule has 0 spiro atoms. The Hall–Kier alpha value is -0.840. The Morgan fingerprint density at radius 3 is 2.92 bits per heavy atom.